The van der Waals surface area contributed by atoms with Crippen LogP contribution in [0.5, 0.6) is 11.5 Å². The van der Waals surface area contributed by atoms with Crippen LogP contribution in [0.4, 0.5) is 0 Å². The average Bonchev–Trinajstić information content (AvgIpc) is 2.87. The highest BCUT2D eigenvalue weighted by molar-refractivity contribution is 7.75. The number of phenolic OH excluding ortho intramolecular Hbond substituents is 2. The van der Waals surface area contributed by atoms with E-state index >= 15 is 0 Å². The molecule has 0 aliphatic carbocycles. The van der Waals surface area contributed by atoms with Crippen LogP contribution in [-0.4, -0.2) is 20.5 Å². The minimum absolute atomic E-state index is 0.0814. The Bertz CT molecular complexity index is 1410. The molecule has 0 aromatic heterocycles. The van der Waals surface area contributed by atoms with Gasteiger partial charge in [-0.15, -0.1) is 0 Å². The molecule has 0 fully saturated rings. The molecule has 2 unspecified atom stereocenters. The molecule has 0 spiro atoms. The van der Waals surface area contributed by atoms with Gasteiger partial charge in [-0.3, -0.25) is 0 Å². The van der Waals surface area contributed by atoms with Crippen molar-refractivity contribution in [2.24, 2.45) is 0 Å². The summed E-state index contributed by atoms with van der Waals surface area (Å²) in [6, 6.07) is 33.1. The first-order chi connectivity index (χ1) is 19.0. The molecule has 4 aromatic carbocycles. The van der Waals surface area contributed by atoms with Crippen molar-refractivity contribution in [3.8, 4) is 11.5 Å². The monoisotopic (exact) mass is 586 g/mol. The number of rotatable bonds is 4. The number of hydrogen-bond acceptors (Lipinski definition) is 2. The molecule has 0 aliphatic heterocycles. The van der Waals surface area contributed by atoms with E-state index in [0.29, 0.717) is 11.5 Å². The zero-order chi connectivity index (χ0) is 30.6. The number of hydrogen-bond donors (Lipinski definition) is 2. The summed E-state index contributed by atoms with van der Waals surface area (Å²) < 4.78 is 0. The summed E-state index contributed by atoms with van der Waals surface area (Å²) in [5.74, 6) is 0.827. The molecule has 0 saturated carbocycles. The number of benzene rings is 4. The Morgan fingerprint density at radius 2 is 0.878 bits per heavy atom. The van der Waals surface area contributed by atoms with Crippen molar-refractivity contribution in [1.29, 1.82) is 0 Å². The summed E-state index contributed by atoms with van der Waals surface area (Å²) in [5, 5.41) is 25.7. The van der Waals surface area contributed by atoms with Gasteiger partial charge in [-0.1, -0.05) is 141 Å². The molecule has 2 N–H and O–H groups in total. The second-order valence-corrected chi connectivity index (χ2v) is 19.7. The lowest BCUT2D eigenvalue weighted by atomic mass is 9.87. The highest BCUT2D eigenvalue weighted by atomic mass is 31.1. The van der Waals surface area contributed by atoms with E-state index in [9.17, 15) is 10.2 Å². The molecule has 0 aliphatic rings. The molecular formula is C37H48O2P2. The number of aromatic hydroxyl groups is 2. The Balaban J connectivity index is 0.000000228. The minimum Gasteiger partial charge on any atom is -0.507 e. The van der Waals surface area contributed by atoms with Crippen molar-refractivity contribution in [1.82, 2.24) is 0 Å². The van der Waals surface area contributed by atoms with Crippen LogP contribution in [-0.2, 0) is 5.41 Å². The maximum absolute atomic E-state index is 10.5. The van der Waals surface area contributed by atoms with Crippen LogP contribution >= 0.6 is 15.8 Å². The van der Waals surface area contributed by atoms with Gasteiger partial charge in [0.25, 0.3) is 0 Å². The summed E-state index contributed by atoms with van der Waals surface area (Å²) >= 11 is 0. The molecule has 4 heteroatoms. The first kappa shape index (κ1) is 32.8. The van der Waals surface area contributed by atoms with Crippen molar-refractivity contribution in [2.75, 3.05) is 0 Å². The van der Waals surface area contributed by atoms with Crippen LogP contribution in [0.25, 0.3) is 0 Å². The maximum atomic E-state index is 10.5. The number of phenols is 2. The summed E-state index contributed by atoms with van der Waals surface area (Å²) in [5.41, 5.74) is 2.55. The standard InChI is InChI=1S/C20H27OP.C17H21OP/c1-19(2,3)15-12-13-17(21)18(14-15)22(20(4,5)6)16-10-8-7-9-11-16;1-13-10-11-15(18)16(12-13)19(17(2,3)4)14-8-6-5-7-9-14/h7-14,21H,1-6H3;5-12,18H,1-4H3. The van der Waals surface area contributed by atoms with E-state index in [4.69, 9.17) is 0 Å². The fourth-order valence-corrected chi connectivity index (χ4v) is 10.6. The molecule has 4 rings (SSSR count). The van der Waals surface area contributed by atoms with Crippen LogP contribution in [0, 0.1) is 6.92 Å². The molecule has 0 heterocycles. The van der Waals surface area contributed by atoms with Gasteiger partial charge in [0.2, 0.25) is 0 Å². The van der Waals surface area contributed by atoms with Gasteiger partial charge in [0, 0.05) is 10.6 Å². The SMILES string of the molecule is CC(C)(C)c1ccc(O)c(P(c2ccccc2)C(C)(C)C)c1.Cc1ccc(O)c(P(c2ccccc2)C(C)(C)C)c1. The molecule has 4 aromatic rings. The Morgan fingerprint density at radius 1 is 0.488 bits per heavy atom. The molecule has 2 atom stereocenters. The van der Waals surface area contributed by atoms with E-state index in [1.165, 1.54) is 21.7 Å². The second kappa shape index (κ2) is 13.1. The van der Waals surface area contributed by atoms with Gasteiger partial charge >= 0.3 is 0 Å². The Labute approximate surface area is 251 Å². The Morgan fingerprint density at radius 3 is 1.27 bits per heavy atom. The molecule has 218 valence electrons. The lowest BCUT2D eigenvalue weighted by Crippen LogP contribution is -2.27. The van der Waals surface area contributed by atoms with Crippen molar-refractivity contribution in [3.63, 3.8) is 0 Å². The first-order valence-electron chi connectivity index (χ1n) is 14.3. The van der Waals surface area contributed by atoms with Gasteiger partial charge in [0.05, 0.1) is 0 Å². The molecule has 0 bridgehead atoms. The van der Waals surface area contributed by atoms with Crippen LogP contribution in [0.15, 0.2) is 97.1 Å². The third-order valence-electron chi connectivity index (χ3n) is 6.82. The highest BCUT2D eigenvalue weighted by Crippen LogP contribution is 2.50. The van der Waals surface area contributed by atoms with Crippen LogP contribution in [0.3, 0.4) is 0 Å². The summed E-state index contributed by atoms with van der Waals surface area (Å²) in [4.78, 5) is 0. The maximum Gasteiger partial charge on any atom is 0.123 e. The molecule has 0 radical (unpaired) electrons. The van der Waals surface area contributed by atoms with Gasteiger partial charge in [-0.2, -0.15) is 0 Å². The van der Waals surface area contributed by atoms with E-state index in [1.54, 1.807) is 0 Å². The zero-order valence-corrected chi connectivity index (χ0v) is 28.3. The van der Waals surface area contributed by atoms with Crippen molar-refractivity contribution < 1.29 is 10.2 Å². The third kappa shape index (κ3) is 8.67. The van der Waals surface area contributed by atoms with E-state index < -0.39 is 15.8 Å². The molecular weight excluding hydrogens is 538 g/mol. The predicted molar refractivity (Wildman–Crippen MR) is 184 cm³/mol. The van der Waals surface area contributed by atoms with E-state index in [1.807, 2.05) is 36.4 Å². The van der Waals surface area contributed by atoms with Crippen molar-refractivity contribution in [3.05, 3.63) is 108 Å². The molecule has 2 nitrogen and oxygen atoms in total. The first-order valence-corrected chi connectivity index (χ1v) is 17.0. The lowest BCUT2D eigenvalue weighted by molar-refractivity contribution is 0.478. The minimum atomic E-state index is -0.626. The van der Waals surface area contributed by atoms with Crippen molar-refractivity contribution in [2.45, 2.75) is 85.0 Å². The quantitative estimate of drug-likeness (QED) is 0.235. The Kier molecular flexibility index (Phi) is 10.5. The van der Waals surface area contributed by atoms with Gasteiger partial charge < -0.3 is 10.2 Å². The van der Waals surface area contributed by atoms with Crippen LogP contribution < -0.4 is 21.2 Å². The fraction of sp³-hybridized carbons (Fsp3) is 0.351. The summed E-state index contributed by atoms with van der Waals surface area (Å²) in [6.07, 6.45) is 0. The predicted octanol–water partition coefficient (Wildman–Crippen LogP) is 8.85. The fourth-order valence-electron chi connectivity index (χ4n) is 4.91. The van der Waals surface area contributed by atoms with Gasteiger partial charge in [-0.05, 0) is 78.9 Å². The highest BCUT2D eigenvalue weighted by Gasteiger charge is 2.31. The molecule has 41 heavy (non-hydrogen) atoms. The van der Waals surface area contributed by atoms with Gasteiger partial charge in [0.15, 0.2) is 0 Å². The molecule has 0 amide bonds. The zero-order valence-electron chi connectivity index (χ0n) is 26.5. The van der Waals surface area contributed by atoms with Crippen LogP contribution in [0.1, 0.15) is 73.4 Å². The van der Waals surface area contributed by atoms with Gasteiger partial charge in [-0.25, -0.2) is 0 Å². The molecule has 0 saturated heterocycles. The Hall–Kier alpha value is -2.66. The van der Waals surface area contributed by atoms with E-state index in [2.05, 4.69) is 130 Å². The van der Waals surface area contributed by atoms with Crippen LogP contribution in [0.2, 0.25) is 0 Å². The smallest absolute Gasteiger partial charge is 0.123 e. The lowest BCUT2D eigenvalue weighted by Gasteiger charge is -2.33. The normalized spacial score (nSPS) is 13.6. The average molecular weight is 587 g/mol. The third-order valence-corrected chi connectivity index (χ3v) is 12.8. The van der Waals surface area contributed by atoms with Gasteiger partial charge in [0.1, 0.15) is 11.5 Å². The number of aryl methyl sites for hydroxylation is 1. The van der Waals surface area contributed by atoms with E-state index in [0.717, 1.165) is 10.6 Å². The largest absolute Gasteiger partial charge is 0.507 e. The topological polar surface area (TPSA) is 40.5 Å². The van der Waals surface area contributed by atoms with Crippen molar-refractivity contribution >= 4 is 37.1 Å². The van der Waals surface area contributed by atoms with E-state index in [-0.39, 0.29) is 15.7 Å². The second-order valence-electron chi connectivity index (χ2n) is 13.6. The summed E-state index contributed by atoms with van der Waals surface area (Å²) in [7, 11) is -1.21. The summed E-state index contributed by atoms with van der Waals surface area (Å²) in [6.45, 7) is 22.2.